The Labute approximate surface area is 100 Å². The lowest BCUT2D eigenvalue weighted by Gasteiger charge is -2.11. The molecule has 1 unspecified atom stereocenters. The Balaban J connectivity index is 2.25. The molecule has 1 aromatic carbocycles. The summed E-state index contributed by atoms with van der Waals surface area (Å²) in [5, 5.41) is 1.17. The van der Waals surface area contributed by atoms with Crippen molar-refractivity contribution in [1.29, 1.82) is 0 Å². The molecule has 16 heavy (non-hydrogen) atoms. The van der Waals surface area contributed by atoms with E-state index in [0.717, 1.165) is 17.7 Å². The van der Waals surface area contributed by atoms with Gasteiger partial charge in [-0.15, -0.1) is 0 Å². The van der Waals surface area contributed by atoms with Crippen molar-refractivity contribution < 1.29 is 0 Å². The number of hydrogen-bond acceptors (Lipinski definition) is 3. The number of thioether (sulfide) groups is 1. The molecule has 0 aliphatic heterocycles. The van der Waals surface area contributed by atoms with Crippen LogP contribution in [0.5, 0.6) is 0 Å². The molecule has 2 N–H and O–H groups in total. The summed E-state index contributed by atoms with van der Waals surface area (Å²) in [7, 11) is 0. The molecular weight excluding hydrogens is 216 g/mol. The third-order valence-corrected chi connectivity index (χ3v) is 3.33. The number of hydrogen-bond donors (Lipinski definition) is 1. The molecule has 0 fully saturated rings. The summed E-state index contributed by atoms with van der Waals surface area (Å²) in [6.45, 7) is 0. The summed E-state index contributed by atoms with van der Waals surface area (Å²) in [6.07, 6.45) is 4.94. The van der Waals surface area contributed by atoms with E-state index in [9.17, 15) is 0 Å². The van der Waals surface area contributed by atoms with Crippen LogP contribution in [0.3, 0.4) is 0 Å². The molecule has 0 aliphatic carbocycles. The molecule has 1 aromatic heterocycles. The summed E-state index contributed by atoms with van der Waals surface area (Å²) in [5.41, 5.74) is 8.37. The van der Waals surface area contributed by atoms with Crippen molar-refractivity contribution in [1.82, 2.24) is 4.98 Å². The lowest BCUT2D eigenvalue weighted by molar-refractivity contribution is 0.706. The second-order valence-electron chi connectivity index (χ2n) is 3.84. The van der Waals surface area contributed by atoms with Gasteiger partial charge in [-0.1, -0.05) is 12.1 Å². The van der Waals surface area contributed by atoms with Gasteiger partial charge in [-0.2, -0.15) is 11.8 Å². The Hall–Kier alpha value is -1.06. The topological polar surface area (TPSA) is 38.9 Å². The van der Waals surface area contributed by atoms with Crippen molar-refractivity contribution >= 4 is 22.7 Å². The first-order valence-corrected chi connectivity index (χ1v) is 6.80. The monoisotopic (exact) mass is 232 g/mol. The van der Waals surface area contributed by atoms with Crippen LogP contribution in [0.1, 0.15) is 18.0 Å². The maximum atomic E-state index is 6.14. The van der Waals surface area contributed by atoms with Gasteiger partial charge in [0.2, 0.25) is 0 Å². The van der Waals surface area contributed by atoms with Crippen LogP contribution < -0.4 is 5.73 Å². The predicted molar refractivity (Wildman–Crippen MR) is 71.7 cm³/mol. The highest BCUT2D eigenvalue weighted by Crippen LogP contribution is 2.20. The summed E-state index contributed by atoms with van der Waals surface area (Å²) in [5.74, 6) is 1.10. The Morgan fingerprint density at radius 3 is 3.06 bits per heavy atom. The SMILES string of the molecule is CSCCC(N)c1ccc2ncccc2c1. The summed E-state index contributed by atoms with van der Waals surface area (Å²) >= 11 is 1.84. The molecule has 2 nitrogen and oxygen atoms in total. The normalized spacial score (nSPS) is 12.9. The Morgan fingerprint density at radius 2 is 2.25 bits per heavy atom. The predicted octanol–water partition coefficient (Wildman–Crippen LogP) is 2.99. The van der Waals surface area contributed by atoms with E-state index in [-0.39, 0.29) is 6.04 Å². The first-order chi connectivity index (χ1) is 7.81. The minimum absolute atomic E-state index is 0.136. The van der Waals surface area contributed by atoms with Gasteiger partial charge in [0.1, 0.15) is 0 Å². The van der Waals surface area contributed by atoms with Gasteiger partial charge in [0.15, 0.2) is 0 Å². The first kappa shape index (κ1) is 11.4. The summed E-state index contributed by atoms with van der Waals surface area (Å²) in [6, 6.07) is 10.4. The van der Waals surface area contributed by atoms with Gasteiger partial charge in [-0.05, 0) is 42.2 Å². The highest BCUT2D eigenvalue weighted by Gasteiger charge is 2.06. The molecule has 0 radical (unpaired) electrons. The Morgan fingerprint density at radius 1 is 1.38 bits per heavy atom. The number of aromatic nitrogens is 1. The van der Waals surface area contributed by atoms with Gasteiger partial charge in [-0.3, -0.25) is 4.98 Å². The third kappa shape index (κ3) is 2.54. The lowest BCUT2D eigenvalue weighted by Crippen LogP contribution is -2.11. The van der Waals surface area contributed by atoms with Crippen LogP contribution in [0.2, 0.25) is 0 Å². The highest BCUT2D eigenvalue weighted by atomic mass is 32.2. The Kier molecular flexibility index (Phi) is 3.80. The van der Waals surface area contributed by atoms with Crippen LogP contribution in [0.25, 0.3) is 10.9 Å². The van der Waals surface area contributed by atoms with E-state index in [4.69, 9.17) is 5.73 Å². The third-order valence-electron chi connectivity index (χ3n) is 2.69. The number of benzene rings is 1. The molecule has 1 atom stereocenters. The second kappa shape index (κ2) is 5.32. The van der Waals surface area contributed by atoms with E-state index in [1.165, 1.54) is 10.9 Å². The molecule has 1 heterocycles. The fourth-order valence-corrected chi connectivity index (χ4v) is 2.23. The molecule has 0 saturated carbocycles. The Bertz CT molecular complexity index is 470. The number of pyridine rings is 1. The van der Waals surface area contributed by atoms with Crippen molar-refractivity contribution in [2.24, 2.45) is 5.73 Å². The van der Waals surface area contributed by atoms with Gasteiger partial charge in [0.05, 0.1) is 5.52 Å². The standard InChI is InChI=1S/C13H16N2S/c1-16-8-6-12(14)10-4-5-13-11(9-10)3-2-7-15-13/h2-5,7,9,12H,6,8,14H2,1H3. The second-order valence-corrected chi connectivity index (χ2v) is 4.83. The molecule has 3 heteroatoms. The van der Waals surface area contributed by atoms with Crippen LogP contribution in [-0.2, 0) is 0 Å². The molecule has 0 amide bonds. The molecule has 0 aliphatic rings. The summed E-state index contributed by atoms with van der Waals surface area (Å²) < 4.78 is 0. The molecule has 2 aromatic rings. The van der Waals surface area contributed by atoms with E-state index in [0.29, 0.717) is 0 Å². The number of rotatable bonds is 4. The average molecular weight is 232 g/mol. The van der Waals surface area contributed by atoms with Crippen LogP contribution in [0.4, 0.5) is 0 Å². The van der Waals surface area contributed by atoms with Crippen molar-refractivity contribution in [2.75, 3.05) is 12.0 Å². The van der Waals surface area contributed by atoms with E-state index in [1.54, 1.807) is 0 Å². The van der Waals surface area contributed by atoms with Crippen molar-refractivity contribution in [2.45, 2.75) is 12.5 Å². The fourth-order valence-electron chi connectivity index (χ4n) is 1.74. The smallest absolute Gasteiger partial charge is 0.0702 e. The maximum absolute atomic E-state index is 6.14. The van der Waals surface area contributed by atoms with Crippen LogP contribution in [0.15, 0.2) is 36.5 Å². The van der Waals surface area contributed by atoms with E-state index < -0.39 is 0 Å². The molecule has 2 rings (SSSR count). The van der Waals surface area contributed by atoms with Crippen LogP contribution >= 0.6 is 11.8 Å². The average Bonchev–Trinajstić information content (AvgIpc) is 2.35. The number of nitrogens with two attached hydrogens (primary N) is 1. The van der Waals surface area contributed by atoms with Gasteiger partial charge in [0, 0.05) is 17.6 Å². The van der Waals surface area contributed by atoms with E-state index in [2.05, 4.69) is 29.4 Å². The largest absolute Gasteiger partial charge is 0.324 e. The summed E-state index contributed by atoms with van der Waals surface area (Å²) in [4.78, 5) is 4.30. The fraction of sp³-hybridized carbons (Fsp3) is 0.308. The molecule has 84 valence electrons. The van der Waals surface area contributed by atoms with Gasteiger partial charge >= 0.3 is 0 Å². The zero-order valence-corrected chi connectivity index (χ0v) is 10.2. The molecule has 0 saturated heterocycles. The van der Waals surface area contributed by atoms with Gasteiger partial charge < -0.3 is 5.73 Å². The number of fused-ring (bicyclic) bond motifs is 1. The van der Waals surface area contributed by atoms with Crippen LogP contribution in [-0.4, -0.2) is 17.0 Å². The molecule has 0 bridgehead atoms. The quantitative estimate of drug-likeness (QED) is 0.880. The highest BCUT2D eigenvalue weighted by molar-refractivity contribution is 7.98. The number of nitrogens with zero attached hydrogens (tertiary/aromatic N) is 1. The van der Waals surface area contributed by atoms with Crippen LogP contribution in [0, 0.1) is 0 Å². The van der Waals surface area contributed by atoms with E-state index >= 15 is 0 Å². The van der Waals surface area contributed by atoms with Crippen molar-refractivity contribution in [3.05, 3.63) is 42.1 Å². The van der Waals surface area contributed by atoms with Gasteiger partial charge in [-0.25, -0.2) is 0 Å². The lowest BCUT2D eigenvalue weighted by atomic mass is 10.0. The van der Waals surface area contributed by atoms with E-state index in [1.807, 2.05) is 30.1 Å². The first-order valence-electron chi connectivity index (χ1n) is 5.40. The molecular formula is C13H16N2S. The minimum Gasteiger partial charge on any atom is -0.324 e. The minimum atomic E-state index is 0.136. The van der Waals surface area contributed by atoms with Crippen molar-refractivity contribution in [3.8, 4) is 0 Å². The zero-order valence-electron chi connectivity index (χ0n) is 9.39. The van der Waals surface area contributed by atoms with Crippen molar-refractivity contribution in [3.63, 3.8) is 0 Å². The zero-order chi connectivity index (χ0) is 11.4. The van der Waals surface area contributed by atoms with Gasteiger partial charge in [0.25, 0.3) is 0 Å². The maximum Gasteiger partial charge on any atom is 0.0702 e. The molecule has 0 spiro atoms.